The fourth-order valence-electron chi connectivity index (χ4n) is 1.96. The van der Waals surface area contributed by atoms with E-state index in [4.69, 9.17) is 0 Å². The summed E-state index contributed by atoms with van der Waals surface area (Å²) in [4.78, 5) is 0.588. The van der Waals surface area contributed by atoms with Gasteiger partial charge in [-0.3, -0.25) is 0 Å². The Morgan fingerprint density at radius 2 is 1.74 bits per heavy atom. The lowest BCUT2D eigenvalue weighted by Crippen LogP contribution is -2.06. The van der Waals surface area contributed by atoms with E-state index in [-0.39, 0.29) is 0 Å². The Morgan fingerprint density at radius 3 is 2.37 bits per heavy atom. The monoisotopic (exact) mass is 279 g/mol. The second kappa shape index (κ2) is 6.68. The topological polar surface area (TPSA) is 12.0 Å². The van der Waals surface area contributed by atoms with Gasteiger partial charge in [0.25, 0.3) is 5.76 Å². The van der Waals surface area contributed by atoms with Crippen molar-refractivity contribution < 1.29 is 8.78 Å². The van der Waals surface area contributed by atoms with Crippen molar-refractivity contribution in [2.24, 2.45) is 0 Å². The number of benzene rings is 2. The molecule has 0 amide bonds. The van der Waals surface area contributed by atoms with Gasteiger partial charge in [-0.05, 0) is 35.9 Å². The van der Waals surface area contributed by atoms with Crippen LogP contribution in [0.4, 0.5) is 8.78 Å². The first kappa shape index (κ1) is 14.0. The van der Waals surface area contributed by atoms with Crippen LogP contribution in [0.25, 0.3) is 11.1 Å². The van der Waals surface area contributed by atoms with Gasteiger partial charge in [-0.15, -0.1) is 0 Å². The molecule has 0 saturated carbocycles. The van der Waals surface area contributed by atoms with Crippen molar-refractivity contribution in [2.45, 2.75) is 17.2 Å². The Hall–Kier alpha value is -1.39. The Labute approximate surface area is 116 Å². The van der Waals surface area contributed by atoms with Crippen LogP contribution in [-0.4, -0.2) is 12.8 Å². The van der Waals surface area contributed by atoms with Gasteiger partial charge in [-0.1, -0.05) is 48.2 Å². The number of nitrogens with one attached hydrogen (secondary N) is 1. The SMILES string of the molecule is CNCc1ccccc1-c1ccc(SC(F)F)cc1. The van der Waals surface area contributed by atoms with Crippen molar-refractivity contribution in [1.29, 1.82) is 0 Å². The van der Waals surface area contributed by atoms with Gasteiger partial charge in [0, 0.05) is 11.4 Å². The fraction of sp³-hybridized carbons (Fsp3) is 0.200. The molecule has 2 aromatic carbocycles. The van der Waals surface area contributed by atoms with Gasteiger partial charge in [0.15, 0.2) is 0 Å². The van der Waals surface area contributed by atoms with Crippen molar-refractivity contribution in [1.82, 2.24) is 5.32 Å². The van der Waals surface area contributed by atoms with Crippen molar-refractivity contribution in [3.63, 3.8) is 0 Å². The van der Waals surface area contributed by atoms with Crippen LogP contribution < -0.4 is 5.32 Å². The molecular formula is C15H15F2NS. The summed E-state index contributed by atoms with van der Waals surface area (Å²) in [5.74, 6) is -2.37. The standard InChI is InChI=1S/C15H15F2NS/c1-18-10-12-4-2-3-5-14(12)11-6-8-13(9-7-11)19-15(16)17/h2-9,15,18H,10H2,1H3. The first-order valence-electron chi connectivity index (χ1n) is 5.98. The van der Waals surface area contributed by atoms with Gasteiger partial charge in [-0.2, -0.15) is 8.78 Å². The molecule has 1 nitrogen and oxygen atoms in total. The highest BCUT2D eigenvalue weighted by Crippen LogP contribution is 2.29. The van der Waals surface area contributed by atoms with Crippen LogP contribution in [0.3, 0.4) is 0 Å². The van der Waals surface area contributed by atoms with Crippen LogP contribution in [0.5, 0.6) is 0 Å². The predicted molar refractivity (Wildman–Crippen MR) is 76.5 cm³/mol. The van der Waals surface area contributed by atoms with E-state index >= 15 is 0 Å². The first-order valence-corrected chi connectivity index (χ1v) is 6.86. The highest BCUT2D eigenvalue weighted by atomic mass is 32.2. The van der Waals surface area contributed by atoms with E-state index in [1.54, 1.807) is 12.1 Å². The first-order chi connectivity index (χ1) is 9.20. The van der Waals surface area contributed by atoms with Crippen molar-refractivity contribution in [3.05, 3.63) is 54.1 Å². The summed E-state index contributed by atoms with van der Waals surface area (Å²) in [7, 11) is 1.90. The van der Waals surface area contributed by atoms with E-state index in [1.807, 2.05) is 37.4 Å². The highest BCUT2D eigenvalue weighted by molar-refractivity contribution is 7.99. The number of hydrogen-bond acceptors (Lipinski definition) is 2. The van der Waals surface area contributed by atoms with Crippen molar-refractivity contribution in [2.75, 3.05) is 7.05 Å². The van der Waals surface area contributed by atoms with E-state index < -0.39 is 5.76 Å². The zero-order valence-corrected chi connectivity index (χ0v) is 11.4. The molecule has 100 valence electrons. The van der Waals surface area contributed by atoms with Crippen LogP contribution in [0.2, 0.25) is 0 Å². The van der Waals surface area contributed by atoms with Gasteiger partial charge in [0.2, 0.25) is 0 Å². The maximum atomic E-state index is 12.3. The third-order valence-electron chi connectivity index (χ3n) is 2.78. The molecule has 0 aromatic heterocycles. The Bertz CT molecular complexity index is 526. The Morgan fingerprint density at radius 1 is 1.05 bits per heavy atom. The predicted octanol–water partition coefficient (Wildman–Crippen LogP) is 4.39. The lowest BCUT2D eigenvalue weighted by Gasteiger charge is -2.10. The zero-order chi connectivity index (χ0) is 13.7. The van der Waals surface area contributed by atoms with Gasteiger partial charge in [0.05, 0.1) is 0 Å². The van der Waals surface area contributed by atoms with Gasteiger partial charge < -0.3 is 5.32 Å². The average molecular weight is 279 g/mol. The molecule has 0 aliphatic rings. The number of halogens is 2. The zero-order valence-electron chi connectivity index (χ0n) is 10.6. The molecule has 0 heterocycles. The summed E-state index contributed by atoms with van der Waals surface area (Å²) in [6.07, 6.45) is 0. The molecule has 0 atom stereocenters. The van der Waals surface area contributed by atoms with Crippen LogP contribution in [0, 0.1) is 0 Å². The Balaban J connectivity index is 2.27. The molecule has 0 aliphatic heterocycles. The number of hydrogen-bond donors (Lipinski definition) is 1. The van der Waals surface area contributed by atoms with Crippen LogP contribution in [-0.2, 0) is 6.54 Å². The largest absolute Gasteiger partial charge is 0.316 e. The Kier molecular flexibility index (Phi) is 4.93. The minimum Gasteiger partial charge on any atom is -0.316 e. The lowest BCUT2D eigenvalue weighted by atomic mass is 10.00. The molecule has 0 spiro atoms. The molecular weight excluding hydrogens is 264 g/mol. The van der Waals surface area contributed by atoms with Crippen LogP contribution >= 0.6 is 11.8 Å². The molecule has 0 bridgehead atoms. The van der Waals surface area contributed by atoms with Gasteiger partial charge in [0.1, 0.15) is 0 Å². The molecule has 2 rings (SSSR count). The van der Waals surface area contributed by atoms with Crippen molar-refractivity contribution in [3.8, 4) is 11.1 Å². The van der Waals surface area contributed by atoms with Gasteiger partial charge in [-0.25, -0.2) is 0 Å². The summed E-state index contributed by atoms with van der Waals surface area (Å²) < 4.78 is 24.5. The molecule has 0 aliphatic carbocycles. The highest BCUT2D eigenvalue weighted by Gasteiger charge is 2.07. The molecule has 0 saturated heterocycles. The lowest BCUT2D eigenvalue weighted by molar-refractivity contribution is 0.252. The maximum Gasteiger partial charge on any atom is 0.288 e. The van der Waals surface area contributed by atoms with Crippen LogP contribution in [0.15, 0.2) is 53.4 Å². The molecule has 1 N–H and O–H groups in total. The fourth-order valence-corrected chi connectivity index (χ4v) is 2.46. The summed E-state index contributed by atoms with van der Waals surface area (Å²) in [5.41, 5.74) is 3.37. The second-order valence-electron chi connectivity index (χ2n) is 4.09. The summed E-state index contributed by atoms with van der Waals surface area (Å²) in [5, 5.41) is 3.13. The normalized spacial score (nSPS) is 10.9. The molecule has 0 radical (unpaired) electrons. The molecule has 2 aromatic rings. The smallest absolute Gasteiger partial charge is 0.288 e. The maximum absolute atomic E-state index is 12.3. The van der Waals surface area contributed by atoms with Gasteiger partial charge >= 0.3 is 0 Å². The quantitative estimate of drug-likeness (QED) is 0.815. The number of alkyl halides is 2. The summed E-state index contributed by atoms with van der Waals surface area (Å²) in [6, 6.07) is 15.3. The molecule has 19 heavy (non-hydrogen) atoms. The third-order valence-corrected chi connectivity index (χ3v) is 3.50. The minimum atomic E-state index is -2.37. The van der Waals surface area contributed by atoms with E-state index in [9.17, 15) is 8.78 Å². The van der Waals surface area contributed by atoms with E-state index in [2.05, 4.69) is 11.4 Å². The summed E-state index contributed by atoms with van der Waals surface area (Å²) >= 11 is 0.571. The van der Waals surface area contributed by atoms with E-state index in [0.717, 1.165) is 17.7 Å². The number of rotatable bonds is 5. The van der Waals surface area contributed by atoms with Crippen LogP contribution in [0.1, 0.15) is 5.56 Å². The van der Waals surface area contributed by atoms with E-state index in [0.29, 0.717) is 16.7 Å². The summed E-state index contributed by atoms with van der Waals surface area (Å²) in [6.45, 7) is 0.781. The molecule has 0 unspecified atom stereocenters. The number of thioether (sulfide) groups is 1. The molecule has 4 heteroatoms. The third kappa shape index (κ3) is 3.78. The average Bonchev–Trinajstić information content (AvgIpc) is 2.40. The van der Waals surface area contributed by atoms with E-state index in [1.165, 1.54) is 5.56 Å². The second-order valence-corrected chi connectivity index (χ2v) is 5.15. The minimum absolute atomic E-state index is 0.571. The molecule has 0 fully saturated rings. The van der Waals surface area contributed by atoms with Crippen molar-refractivity contribution >= 4 is 11.8 Å².